The summed E-state index contributed by atoms with van der Waals surface area (Å²) in [6.07, 6.45) is 8.11. The highest BCUT2D eigenvalue weighted by molar-refractivity contribution is 5.35. The van der Waals surface area contributed by atoms with Gasteiger partial charge in [-0.3, -0.25) is 0 Å². The molecule has 0 radical (unpaired) electrons. The third-order valence-electron chi connectivity index (χ3n) is 3.02. The molecule has 1 aromatic rings. The van der Waals surface area contributed by atoms with Crippen LogP contribution in [0.4, 0.5) is 5.82 Å². The molecule has 82 valence electrons. The molecule has 1 aliphatic rings. The monoisotopic (exact) mass is 205 g/mol. The van der Waals surface area contributed by atoms with Gasteiger partial charge in [0, 0.05) is 24.2 Å². The maximum absolute atomic E-state index is 4.38. The lowest BCUT2D eigenvalue weighted by molar-refractivity contribution is 0.694. The summed E-state index contributed by atoms with van der Waals surface area (Å²) < 4.78 is 0. The van der Waals surface area contributed by atoms with Crippen LogP contribution in [0.5, 0.6) is 0 Å². The first-order valence-electron chi connectivity index (χ1n) is 5.96. The topological polar surface area (TPSA) is 37.8 Å². The summed E-state index contributed by atoms with van der Waals surface area (Å²) in [6, 6.07) is 2.12. The highest BCUT2D eigenvalue weighted by atomic mass is 15.0. The molecule has 1 fully saturated rings. The Morgan fingerprint density at radius 3 is 2.87 bits per heavy atom. The predicted molar refractivity (Wildman–Crippen MR) is 62.0 cm³/mol. The van der Waals surface area contributed by atoms with Gasteiger partial charge in [0.05, 0.1) is 0 Å². The van der Waals surface area contributed by atoms with Crippen molar-refractivity contribution < 1.29 is 0 Å². The number of hydrogen-bond donors (Lipinski definition) is 1. The first-order chi connectivity index (χ1) is 7.40. The Morgan fingerprint density at radius 1 is 1.33 bits per heavy atom. The molecule has 0 spiro atoms. The van der Waals surface area contributed by atoms with E-state index in [0.717, 1.165) is 18.8 Å². The SMILES string of the molecule is CCCNc1cc(C2CCCC2)ncn1. The number of nitrogens with zero attached hydrogens (tertiary/aromatic N) is 2. The average molecular weight is 205 g/mol. The molecule has 1 N–H and O–H groups in total. The normalized spacial score (nSPS) is 16.9. The fourth-order valence-corrected chi connectivity index (χ4v) is 2.17. The number of hydrogen-bond acceptors (Lipinski definition) is 3. The fourth-order valence-electron chi connectivity index (χ4n) is 2.17. The van der Waals surface area contributed by atoms with Crippen LogP contribution in [-0.2, 0) is 0 Å². The fraction of sp³-hybridized carbons (Fsp3) is 0.667. The summed E-state index contributed by atoms with van der Waals surface area (Å²) in [6.45, 7) is 3.15. The largest absolute Gasteiger partial charge is 0.370 e. The average Bonchev–Trinajstić information content (AvgIpc) is 2.80. The molecule has 1 heterocycles. The van der Waals surface area contributed by atoms with Crippen LogP contribution in [0.15, 0.2) is 12.4 Å². The molecule has 15 heavy (non-hydrogen) atoms. The maximum atomic E-state index is 4.38. The summed E-state index contributed by atoms with van der Waals surface area (Å²) in [5.41, 5.74) is 1.22. The van der Waals surface area contributed by atoms with Crippen LogP contribution in [0.3, 0.4) is 0 Å². The minimum atomic E-state index is 0.676. The van der Waals surface area contributed by atoms with E-state index in [-0.39, 0.29) is 0 Å². The van der Waals surface area contributed by atoms with Crippen LogP contribution in [0.2, 0.25) is 0 Å². The Kier molecular flexibility index (Phi) is 3.54. The molecule has 1 aromatic heterocycles. The van der Waals surface area contributed by atoms with Crippen LogP contribution >= 0.6 is 0 Å². The van der Waals surface area contributed by atoms with Crippen molar-refractivity contribution in [3.8, 4) is 0 Å². The summed E-state index contributed by atoms with van der Waals surface area (Å²) in [4.78, 5) is 8.60. The first kappa shape index (κ1) is 10.4. The minimum Gasteiger partial charge on any atom is -0.370 e. The Bertz CT molecular complexity index is 305. The lowest BCUT2D eigenvalue weighted by atomic mass is 10.0. The lowest BCUT2D eigenvalue weighted by Gasteiger charge is -2.10. The van der Waals surface area contributed by atoms with Gasteiger partial charge in [-0.25, -0.2) is 9.97 Å². The Labute approximate surface area is 91.3 Å². The lowest BCUT2D eigenvalue weighted by Crippen LogP contribution is -2.04. The van der Waals surface area contributed by atoms with Crippen LogP contribution < -0.4 is 5.32 Å². The van der Waals surface area contributed by atoms with Crippen molar-refractivity contribution in [2.75, 3.05) is 11.9 Å². The molecule has 0 unspecified atom stereocenters. The van der Waals surface area contributed by atoms with Gasteiger partial charge in [0.25, 0.3) is 0 Å². The van der Waals surface area contributed by atoms with Gasteiger partial charge in [-0.15, -0.1) is 0 Å². The summed E-state index contributed by atoms with van der Waals surface area (Å²) in [5.74, 6) is 1.66. The molecular weight excluding hydrogens is 186 g/mol. The molecule has 0 atom stereocenters. The third-order valence-corrected chi connectivity index (χ3v) is 3.02. The standard InChI is InChI=1S/C12H19N3/c1-2-7-13-12-8-11(14-9-15-12)10-5-3-4-6-10/h8-10H,2-7H2,1H3,(H,13,14,15). The van der Waals surface area contributed by atoms with Gasteiger partial charge in [-0.05, 0) is 19.3 Å². The number of anilines is 1. The first-order valence-corrected chi connectivity index (χ1v) is 5.96. The van der Waals surface area contributed by atoms with Crippen molar-refractivity contribution in [3.05, 3.63) is 18.1 Å². The number of rotatable bonds is 4. The highest BCUT2D eigenvalue weighted by Crippen LogP contribution is 2.33. The molecule has 0 aromatic carbocycles. The highest BCUT2D eigenvalue weighted by Gasteiger charge is 2.18. The van der Waals surface area contributed by atoms with Crippen LogP contribution in [0.25, 0.3) is 0 Å². The van der Waals surface area contributed by atoms with E-state index in [1.165, 1.54) is 31.4 Å². The van der Waals surface area contributed by atoms with Crippen molar-refractivity contribution in [2.45, 2.75) is 44.9 Å². The summed E-state index contributed by atoms with van der Waals surface area (Å²) >= 11 is 0. The van der Waals surface area contributed by atoms with Crippen LogP contribution in [-0.4, -0.2) is 16.5 Å². The molecular formula is C12H19N3. The second kappa shape index (κ2) is 5.10. The molecule has 2 rings (SSSR count). The molecule has 1 saturated carbocycles. The van der Waals surface area contributed by atoms with E-state index in [2.05, 4.69) is 28.3 Å². The van der Waals surface area contributed by atoms with Gasteiger partial charge < -0.3 is 5.32 Å². The molecule has 0 aliphatic heterocycles. The molecule has 0 bridgehead atoms. The minimum absolute atomic E-state index is 0.676. The zero-order valence-corrected chi connectivity index (χ0v) is 9.37. The van der Waals surface area contributed by atoms with Crippen molar-refractivity contribution in [1.82, 2.24) is 9.97 Å². The second-order valence-corrected chi connectivity index (χ2v) is 4.24. The van der Waals surface area contributed by atoms with E-state index in [1.54, 1.807) is 6.33 Å². The Balaban J connectivity index is 2.04. The van der Waals surface area contributed by atoms with E-state index in [1.807, 2.05) is 0 Å². The molecule has 0 amide bonds. The molecule has 3 nitrogen and oxygen atoms in total. The van der Waals surface area contributed by atoms with Gasteiger partial charge in [-0.1, -0.05) is 19.8 Å². The Hall–Kier alpha value is -1.12. The van der Waals surface area contributed by atoms with E-state index in [4.69, 9.17) is 0 Å². The van der Waals surface area contributed by atoms with Crippen molar-refractivity contribution in [1.29, 1.82) is 0 Å². The number of nitrogens with one attached hydrogen (secondary N) is 1. The summed E-state index contributed by atoms with van der Waals surface area (Å²) in [5, 5.41) is 3.31. The molecule has 1 aliphatic carbocycles. The maximum Gasteiger partial charge on any atom is 0.129 e. The second-order valence-electron chi connectivity index (χ2n) is 4.24. The van der Waals surface area contributed by atoms with E-state index < -0.39 is 0 Å². The van der Waals surface area contributed by atoms with Gasteiger partial charge >= 0.3 is 0 Å². The van der Waals surface area contributed by atoms with Gasteiger partial charge in [-0.2, -0.15) is 0 Å². The smallest absolute Gasteiger partial charge is 0.129 e. The predicted octanol–water partition coefficient (Wildman–Crippen LogP) is 2.96. The van der Waals surface area contributed by atoms with Gasteiger partial charge in [0.1, 0.15) is 12.1 Å². The summed E-state index contributed by atoms with van der Waals surface area (Å²) in [7, 11) is 0. The molecule has 3 heteroatoms. The van der Waals surface area contributed by atoms with Crippen molar-refractivity contribution in [3.63, 3.8) is 0 Å². The van der Waals surface area contributed by atoms with E-state index in [9.17, 15) is 0 Å². The Morgan fingerprint density at radius 2 is 2.13 bits per heavy atom. The van der Waals surface area contributed by atoms with Gasteiger partial charge in [0.2, 0.25) is 0 Å². The van der Waals surface area contributed by atoms with E-state index >= 15 is 0 Å². The molecule has 0 saturated heterocycles. The third kappa shape index (κ3) is 2.67. The van der Waals surface area contributed by atoms with E-state index in [0.29, 0.717) is 5.92 Å². The van der Waals surface area contributed by atoms with Crippen molar-refractivity contribution in [2.24, 2.45) is 0 Å². The number of aromatic nitrogens is 2. The zero-order valence-electron chi connectivity index (χ0n) is 9.37. The van der Waals surface area contributed by atoms with Crippen molar-refractivity contribution >= 4 is 5.82 Å². The van der Waals surface area contributed by atoms with Crippen LogP contribution in [0.1, 0.15) is 50.6 Å². The quantitative estimate of drug-likeness (QED) is 0.821. The van der Waals surface area contributed by atoms with Gasteiger partial charge in [0.15, 0.2) is 0 Å². The zero-order chi connectivity index (χ0) is 10.5. The van der Waals surface area contributed by atoms with Crippen LogP contribution in [0, 0.1) is 0 Å².